The van der Waals surface area contributed by atoms with E-state index < -0.39 is 0 Å². The maximum absolute atomic E-state index is 10.7. The lowest BCUT2D eigenvalue weighted by atomic mass is 10.3. The number of rotatable bonds is 2. The van der Waals surface area contributed by atoms with Gasteiger partial charge in [0.2, 0.25) is 5.88 Å². The minimum Gasteiger partial charge on any atom is -0.480 e. The van der Waals surface area contributed by atoms with Crippen molar-refractivity contribution in [2.45, 2.75) is 0 Å². The molecule has 0 unspecified atom stereocenters. The van der Waals surface area contributed by atoms with E-state index in [2.05, 4.69) is 14.3 Å². The van der Waals surface area contributed by atoms with E-state index in [0.717, 1.165) is 10.4 Å². The largest absolute Gasteiger partial charge is 0.480 e. The third kappa shape index (κ3) is 1.64. The zero-order valence-corrected chi connectivity index (χ0v) is 8.17. The lowest BCUT2D eigenvalue weighted by Crippen LogP contribution is -2.07. The summed E-state index contributed by atoms with van der Waals surface area (Å²) in [6.45, 7) is 0. The van der Waals surface area contributed by atoms with E-state index in [0.29, 0.717) is 5.88 Å². The van der Waals surface area contributed by atoms with Crippen LogP contribution in [-0.4, -0.2) is 21.5 Å². The molecule has 0 aliphatic heterocycles. The van der Waals surface area contributed by atoms with Crippen molar-refractivity contribution in [2.24, 2.45) is 0 Å². The van der Waals surface area contributed by atoms with E-state index in [4.69, 9.17) is 4.74 Å². The molecule has 0 saturated carbocycles. The van der Waals surface area contributed by atoms with Crippen LogP contribution in [0.4, 0.5) is 0 Å². The zero-order chi connectivity index (χ0) is 9.97. The highest BCUT2D eigenvalue weighted by atomic mass is 32.1. The van der Waals surface area contributed by atoms with Crippen molar-refractivity contribution >= 4 is 11.5 Å². The Balaban J connectivity index is 2.39. The molecule has 0 bridgehead atoms. The topological polar surface area (TPSA) is 67.9 Å². The molecular formula is C8H7N3O2S. The number of hydrogen-bond donors (Lipinski definition) is 1. The van der Waals surface area contributed by atoms with Gasteiger partial charge in [-0.2, -0.15) is 4.37 Å². The Bertz CT molecular complexity index is 471. The van der Waals surface area contributed by atoms with E-state index in [1.54, 1.807) is 19.4 Å². The first-order valence-corrected chi connectivity index (χ1v) is 4.63. The van der Waals surface area contributed by atoms with Gasteiger partial charge in [0.05, 0.1) is 12.0 Å². The SMILES string of the molecule is COc1cc(-c2cnc(=O)[nH]c2)sn1. The molecule has 2 rings (SSSR count). The van der Waals surface area contributed by atoms with Gasteiger partial charge < -0.3 is 9.72 Å². The average Bonchev–Trinajstić information content (AvgIpc) is 2.67. The lowest BCUT2D eigenvalue weighted by molar-refractivity contribution is 0.403. The van der Waals surface area contributed by atoms with Crippen molar-refractivity contribution in [1.29, 1.82) is 0 Å². The molecule has 0 saturated heterocycles. The van der Waals surface area contributed by atoms with Crippen LogP contribution < -0.4 is 10.4 Å². The maximum Gasteiger partial charge on any atom is 0.344 e. The summed E-state index contributed by atoms with van der Waals surface area (Å²) in [4.78, 5) is 17.7. The summed E-state index contributed by atoms with van der Waals surface area (Å²) >= 11 is 1.30. The number of ether oxygens (including phenoxy) is 1. The van der Waals surface area contributed by atoms with Crippen LogP contribution in [0.1, 0.15) is 0 Å². The number of hydrogen-bond acceptors (Lipinski definition) is 5. The van der Waals surface area contributed by atoms with E-state index in [-0.39, 0.29) is 5.69 Å². The fourth-order valence-corrected chi connectivity index (χ4v) is 1.65. The molecule has 6 heteroatoms. The fourth-order valence-electron chi connectivity index (χ4n) is 0.968. The van der Waals surface area contributed by atoms with Crippen LogP contribution in [0.25, 0.3) is 10.4 Å². The number of aromatic amines is 1. The highest BCUT2D eigenvalue weighted by Gasteiger charge is 2.04. The van der Waals surface area contributed by atoms with Crippen LogP contribution in [-0.2, 0) is 0 Å². The predicted octanol–water partition coefficient (Wildman–Crippen LogP) is 0.902. The summed E-state index contributed by atoms with van der Waals surface area (Å²) in [5, 5.41) is 0. The fraction of sp³-hybridized carbons (Fsp3) is 0.125. The third-order valence-corrected chi connectivity index (χ3v) is 2.48. The van der Waals surface area contributed by atoms with Gasteiger partial charge in [-0.3, -0.25) is 0 Å². The Labute approximate surface area is 83.6 Å². The zero-order valence-electron chi connectivity index (χ0n) is 7.35. The molecule has 1 N–H and O–H groups in total. The first-order valence-electron chi connectivity index (χ1n) is 3.85. The highest BCUT2D eigenvalue weighted by molar-refractivity contribution is 7.09. The Kier molecular flexibility index (Phi) is 2.28. The van der Waals surface area contributed by atoms with Crippen molar-refractivity contribution in [3.8, 4) is 16.3 Å². The van der Waals surface area contributed by atoms with Gasteiger partial charge in [-0.15, -0.1) is 0 Å². The van der Waals surface area contributed by atoms with Crippen molar-refractivity contribution in [3.63, 3.8) is 0 Å². The molecule has 2 aromatic heterocycles. The average molecular weight is 209 g/mol. The summed E-state index contributed by atoms with van der Waals surface area (Å²) in [6, 6.07) is 1.79. The second-order valence-electron chi connectivity index (χ2n) is 2.54. The Morgan fingerprint density at radius 1 is 1.57 bits per heavy atom. The number of aromatic nitrogens is 3. The summed E-state index contributed by atoms with van der Waals surface area (Å²) in [7, 11) is 1.56. The molecule has 5 nitrogen and oxygen atoms in total. The van der Waals surface area contributed by atoms with E-state index in [9.17, 15) is 4.79 Å². The van der Waals surface area contributed by atoms with E-state index in [1.807, 2.05) is 0 Å². The molecule has 0 aromatic carbocycles. The number of nitrogens with one attached hydrogen (secondary N) is 1. The van der Waals surface area contributed by atoms with Gasteiger partial charge in [0.25, 0.3) is 0 Å². The Morgan fingerprint density at radius 2 is 2.43 bits per heavy atom. The molecule has 2 heterocycles. The summed E-state index contributed by atoms with van der Waals surface area (Å²) in [5.74, 6) is 0.566. The Hall–Kier alpha value is -1.69. The summed E-state index contributed by atoms with van der Waals surface area (Å²) in [6.07, 6.45) is 3.11. The number of H-pyrrole nitrogens is 1. The second-order valence-corrected chi connectivity index (χ2v) is 3.35. The van der Waals surface area contributed by atoms with Crippen molar-refractivity contribution < 1.29 is 4.74 Å². The van der Waals surface area contributed by atoms with Gasteiger partial charge in [-0.25, -0.2) is 9.78 Å². The molecule has 14 heavy (non-hydrogen) atoms. The van der Waals surface area contributed by atoms with Crippen LogP contribution >= 0.6 is 11.5 Å². The lowest BCUT2D eigenvalue weighted by Gasteiger charge is -1.92. The molecule has 0 amide bonds. The molecule has 2 aromatic rings. The first-order chi connectivity index (χ1) is 6.79. The molecule has 0 spiro atoms. The summed E-state index contributed by atoms with van der Waals surface area (Å²) in [5.41, 5.74) is 0.468. The second kappa shape index (κ2) is 3.59. The predicted molar refractivity (Wildman–Crippen MR) is 52.5 cm³/mol. The number of nitrogens with zero attached hydrogens (tertiary/aromatic N) is 2. The molecule has 72 valence electrons. The quantitative estimate of drug-likeness (QED) is 0.798. The van der Waals surface area contributed by atoms with Crippen LogP contribution in [0, 0.1) is 0 Å². The maximum atomic E-state index is 10.7. The van der Waals surface area contributed by atoms with Gasteiger partial charge in [-0.1, -0.05) is 0 Å². The first kappa shape index (κ1) is 8.89. The minimum atomic E-state index is -0.356. The van der Waals surface area contributed by atoms with Crippen LogP contribution in [0.3, 0.4) is 0 Å². The normalized spacial score (nSPS) is 10.1. The van der Waals surface area contributed by atoms with E-state index in [1.165, 1.54) is 17.7 Å². The number of methoxy groups -OCH3 is 1. The minimum absolute atomic E-state index is 0.356. The van der Waals surface area contributed by atoms with Crippen molar-refractivity contribution in [3.05, 3.63) is 28.9 Å². The molecule has 0 aliphatic rings. The van der Waals surface area contributed by atoms with Gasteiger partial charge >= 0.3 is 5.69 Å². The van der Waals surface area contributed by atoms with Gasteiger partial charge in [0, 0.05) is 24.0 Å². The van der Waals surface area contributed by atoms with Gasteiger partial charge in [0.1, 0.15) is 0 Å². The molecule has 0 atom stereocenters. The third-order valence-electron chi connectivity index (χ3n) is 1.65. The van der Waals surface area contributed by atoms with Crippen molar-refractivity contribution in [1.82, 2.24) is 14.3 Å². The van der Waals surface area contributed by atoms with Crippen LogP contribution in [0.15, 0.2) is 23.3 Å². The molecule has 0 aliphatic carbocycles. The van der Waals surface area contributed by atoms with Crippen LogP contribution in [0.2, 0.25) is 0 Å². The summed E-state index contributed by atoms with van der Waals surface area (Å²) < 4.78 is 8.98. The van der Waals surface area contributed by atoms with Crippen LogP contribution in [0.5, 0.6) is 5.88 Å². The highest BCUT2D eigenvalue weighted by Crippen LogP contribution is 2.25. The van der Waals surface area contributed by atoms with E-state index >= 15 is 0 Å². The monoisotopic (exact) mass is 209 g/mol. The Morgan fingerprint density at radius 3 is 3.00 bits per heavy atom. The molecule has 0 fully saturated rings. The van der Waals surface area contributed by atoms with Gasteiger partial charge in [0.15, 0.2) is 0 Å². The standard InChI is InChI=1S/C8H7N3O2S/c1-13-7-2-6(14-11-7)5-3-9-8(12)10-4-5/h2-4H,1H3,(H,9,10,12). The van der Waals surface area contributed by atoms with Crippen molar-refractivity contribution in [2.75, 3.05) is 7.11 Å². The molecule has 0 radical (unpaired) electrons. The smallest absolute Gasteiger partial charge is 0.344 e. The molecular weight excluding hydrogens is 202 g/mol. The van der Waals surface area contributed by atoms with Gasteiger partial charge in [-0.05, 0) is 11.5 Å².